The first-order valence-electron chi connectivity index (χ1n) is 9.15. The van der Waals surface area contributed by atoms with Gasteiger partial charge in [-0.3, -0.25) is 4.79 Å². The SMILES string of the molecule is CCCn1c2c(c3cc(C)c(C)cc31)CC(C(=O)NCCN)CC2. The summed E-state index contributed by atoms with van der Waals surface area (Å²) >= 11 is 0. The van der Waals surface area contributed by atoms with Crippen molar-refractivity contribution < 1.29 is 4.79 Å². The molecule has 1 aliphatic rings. The van der Waals surface area contributed by atoms with Gasteiger partial charge < -0.3 is 15.6 Å². The second-order valence-electron chi connectivity index (χ2n) is 7.05. The molecule has 3 rings (SSSR count). The minimum absolute atomic E-state index is 0.0753. The largest absolute Gasteiger partial charge is 0.355 e. The van der Waals surface area contributed by atoms with Crippen LogP contribution in [0.2, 0.25) is 0 Å². The Kier molecular flexibility index (Phi) is 4.95. The van der Waals surface area contributed by atoms with E-state index >= 15 is 0 Å². The Morgan fingerprint density at radius 2 is 2.08 bits per heavy atom. The lowest BCUT2D eigenvalue weighted by molar-refractivity contribution is -0.125. The number of benzene rings is 1. The third-order valence-electron chi connectivity index (χ3n) is 5.34. The van der Waals surface area contributed by atoms with Gasteiger partial charge in [-0.2, -0.15) is 0 Å². The van der Waals surface area contributed by atoms with Crippen LogP contribution in [0.15, 0.2) is 12.1 Å². The van der Waals surface area contributed by atoms with Crippen molar-refractivity contribution in [1.29, 1.82) is 0 Å². The van der Waals surface area contributed by atoms with Crippen molar-refractivity contribution in [2.24, 2.45) is 11.7 Å². The minimum Gasteiger partial charge on any atom is -0.355 e. The van der Waals surface area contributed by atoms with Crippen LogP contribution in [-0.4, -0.2) is 23.6 Å². The Balaban J connectivity index is 2.02. The highest BCUT2D eigenvalue weighted by molar-refractivity contribution is 5.89. The van der Waals surface area contributed by atoms with E-state index in [0.29, 0.717) is 13.1 Å². The van der Waals surface area contributed by atoms with Crippen molar-refractivity contribution in [3.8, 4) is 0 Å². The van der Waals surface area contributed by atoms with E-state index in [2.05, 4.69) is 42.8 Å². The van der Waals surface area contributed by atoms with Gasteiger partial charge in [-0.1, -0.05) is 6.92 Å². The molecule has 1 heterocycles. The van der Waals surface area contributed by atoms with Crippen LogP contribution in [0.5, 0.6) is 0 Å². The molecule has 0 fully saturated rings. The number of hydrogen-bond acceptors (Lipinski definition) is 2. The summed E-state index contributed by atoms with van der Waals surface area (Å²) in [6.07, 6.45) is 3.90. The van der Waals surface area contributed by atoms with Gasteiger partial charge in [0.1, 0.15) is 0 Å². The normalized spacial score (nSPS) is 17.1. The van der Waals surface area contributed by atoms with Crippen LogP contribution in [0.25, 0.3) is 10.9 Å². The zero-order valence-corrected chi connectivity index (χ0v) is 15.1. The van der Waals surface area contributed by atoms with E-state index in [-0.39, 0.29) is 11.8 Å². The van der Waals surface area contributed by atoms with Crippen molar-refractivity contribution in [2.75, 3.05) is 13.1 Å². The smallest absolute Gasteiger partial charge is 0.223 e. The van der Waals surface area contributed by atoms with E-state index in [9.17, 15) is 4.79 Å². The van der Waals surface area contributed by atoms with Gasteiger partial charge in [0, 0.05) is 42.1 Å². The third kappa shape index (κ3) is 2.95. The first-order chi connectivity index (χ1) is 11.6. The quantitative estimate of drug-likeness (QED) is 0.887. The number of aryl methyl sites for hydroxylation is 3. The van der Waals surface area contributed by atoms with Gasteiger partial charge in [0.25, 0.3) is 0 Å². The number of nitrogens with two attached hydrogens (primary N) is 1. The number of nitrogens with one attached hydrogen (secondary N) is 1. The molecule has 1 atom stereocenters. The maximum absolute atomic E-state index is 12.4. The summed E-state index contributed by atoms with van der Waals surface area (Å²) in [7, 11) is 0. The summed E-state index contributed by atoms with van der Waals surface area (Å²) in [6, 6.07) is 4.64. The lowest BCUT2D eigenvalue weighted by atomic mass is 9.85. The lowest BCUT2D eigenvalue weighted by Crippen LogP contribution is -2.36. The molecule has 24 heavy (non-hydrogen) atoms. The monoisotopic (exact) mass is 327 g/mol. The van der Waals surface area contributed by atoms with Crippen LogP contribution < -0.4 is 11.1 Å². The van der Waals surface area contributed by atoms with Crippen LogP contribution in [0, 0.1) is 19.8 Å². The van der Waals surface area contributed by atoms with Crippen molar-refractivity contribution in [2.45, 2.75) is 53.0 Å². The Labute approximate surface area is 144 Å². The zero-order chi connectivity index (χ0) is 17.3. The molecule has 1 unspecified atom stereocenters. The van der Waals surface area contributed by atoms with Gasteiger partial charge in [0.15, 0.2) is 0 Å². The fraction of sp³-hybridized carbons (Fsp3) is 0.550. The number of fused-ring (bicyclic) bond motifs is 3. The van der Waals surface area contributed by atoms with Crippen molar-refractivity contribution in [3.05, 3.63) is 34.5 Å². The highest BCUT2D eigenvalue weighted by Gasteiger charge is 2.29. The van der Waals surface area contributed by atoms with Gasteiger partial charge >= 0.3 is 0 Å². The molecule has 0 aliphatic heterocycles. The number of rotatable bonds is 5. The molecule has 130 valence electrons. The number of nitrogens with zero attached hydrogens (tertiary/aromatic N) is 1. The Morgan fingerprint density at radius 3 is 2.79 bits per heavy atom. The molecule has 0 saturated heterocycles. The molecule has 1 amide bonds. The maximum atomic E-state index is 12.4. The van der Waals surface area contributed by atoms with Gasteiger partial charge in [-0.25, -0.2) is 0 Å². The summed E-state index contributed by atoms with van der Waals surface area (Å²) in [5, 5.41) is 4.31. The summed E-state index contributed by atoms with van der Waals surface area (Å²) in [4.78, 5) is 12.4. The summed E-state index contributed by atoms with van der Waals surface area (Å²) in [5.41, 5.74) is 12.3. The van der Waals surface area contributed by atoms with E-state index in [0.717, 1.165) is 32.2 Å². The Bertz CT molecular complexity index is 760. The maximum Gasteiger partial charge on any atom is 0.223 e. The molecule has 2 aromatic rings. The molecule has 1 aromatic carbocycles. The van der Waals surface area contributed by atoms with Crippen molar-refractivity contribution in [3.63, 3.8) is 0 Å². The number of carbonyl (C=O) groups is 1. The third-order valence-corrected chi connectivity index (χ3v) is 5.34. The fourth-order valence-electron chi connectivity index (χ4n) is 3.95. The molecule has 1 aromatic heterocycles. The molecular weight excluding hydrogens is 298 g/mol. The lowest BCUT2D eigenvalue weighted by Gasteiger charge is -2.23. The van der Waals surface area contributed by atoms with Gasteiger partial charge in [-0.15, -0.1) is 0 Å². The number of aromatic nitrogens is 1. The Hall–Kier alpha value is -1.81. The standard InChI is InChI=1S/C20H29N3O/c1-4-9-23-18-6-5-15(20(24)22-8-7-21)12-17(18)16-10-13(2)14(3)11-19(16)23/h10-11,15H,4-9,12,21H2,1-3H3,(H,22,24). The molecular formula is C20H29N3O. The fourth-order valence-corrected chi connectivity index (χ4v) is 3.95. The molecule has 1 aliphatic carbocycles. The molecule has 0 spiro atoms. The molecule has 0 radical (unpaired) electrons. The molecule has 4 heteroatoms. The second kappa shape index (κ2) is 6.98. The van der Waals surface area contributed by atoms with E-state index < -0.39 is 0 Å². The highest BCUT2D eigenvalue weighted by Crippen LogP contribution is 2.36. The van der Waals surface area contributed by atoms with Crippen molar-refractivity contribution >= 4 is 16.8 Å². The minimum atomic E-state index is 0.0753. The van der Waals surface area contributed by atoms with Crippen LogP contribution in [0.3, 0.4) is 0 Å². The summed E-state index contributed by atoms with van der Waals surface area (Å²) in [6.45, 7) is 8.70. The summed E-state index contributed by atoms with van der Waals surface area (Å²) < 4.78 is 2.49. The first-order valence-corrected chi connectivity index (χ1v) is 9.15. The van der Waals surface area contributed by atoms with Gasteiger partial charge in [0.05, 0.1) is 0 Å². The first kappa shape index (κ1) is 17.0. The van der Waals surface area contributed by atoms with Crippen LogP contribution >= 0.6 is 0 Å². The zero-order valence-electron chi connectivity index (χ0n) is 15.1. The van der Waals surface area contributed by atoms with Gasteiger partial charge in [-0.05, 0) is 68.4 Å². The number of hydrogen-bond donors (Lipinski definition) is 2. The average molecular weight is 327 g/mol. The second-order valence-corrected chi connectivity index (χ2v) is 7.05. The number of carbonyl (C=O) groups excluding carboxylic acids is 1. The van der Waals surface area contributed by atoms with E-state index in [1.165, 1.54) is 33.3 Å². The number of amides is 1. The van der Waals surface area contributed by atoms with Crippen molar-refractivity contribution in [1.82, 2.24) is 9.88 Å². The average Bonchev–Trinajstić information content (AvgIpc) is 2.86. The van der Waals surface area contributed by atoms with Gasteiger partial charge in [0.2, 0.25) is 5.91 Å². The Morgan fingerprint density at radius 1 is 1.33 bits per heavy atom. The topological polar surface area (TPSA) is 60.0 Å². The van der Waals surface area contributed by atoms with Crippen LogP contribution in [0.1, 0.15) is 42.1 Å². The van der Waals surface area contributed by atoms with E-state index in [1.807, 2.05) is 0 Å². The molecule has 0 bridgehead atoms. The molecule has 0 saturated carbocycles. The van der Waals surface area contributed by atoms with E-state index in [1.54, 1.807) is 0 Å². The van der Waals surface area contributed by atoms with Crippen LogP contribution in [-0.2, 0) is 24.2 Å². The predicted octanol–water partition coefficient (Wildman–Crippen LogP) is 2.85. The predicted molar refractivity (Wildman–Crippen MR) is 99.3 cm³/mol. The van der Waals surface area contributed by atoms with E-state index in [4.69, 9.17) is 5.73 Å². The molecule has 4 nitrogen and oxygen atoms in total. The molecule has 3 N–H and O–H groups in total. The summed E-state index contributed by atoms with van der Waals surface area (Å²) in [5.74, 6) is 0.234. The highest BCUT2D eigenvalue weighted by atomic mass is 16.1. The van der Waals surface area contributed by atoms with Crippen LogP contribution in [0.4, 0.5) is 0 Å².